The monoisotopic (exact) mass is 330 g/mol. The van der Waals surface area contributed by atoms with Crippen LogP contribution < -0.4 is 0 Å². The van der Waals surface area contributed by atoms with Crippen LogP contribution in [0.1, 0.15) is 5.82 Å². The highest BCUT2D eigenvalue weighted by Crippen LogP contribution is 2.23. The molecule has 0 amide bonds. The van der Waals surface area contributed by atoms with Gasteiger partial charge in [0.15, 0.2) is 11.6 Å². The first-order valence-corrected chi connectivity index (χ1v) is 8.21. The maximum absolute atomic E-state index is 5.24. The first-order valence-electron chi connectivity index (χ1n) is 8.21. The number of nitrogens with zero attached hydrogens (tertiary/aromatic N) is 4. The molecule has 0 spiro atoms. The predicted molar refractivity (Wildman–Crippen MR) is 97.7 cm³/mol. The number of pyridine rings is 1. The Kier molecular flexibility index (Phi) is 4.23. The van der Waals surface area contributed by atoms with E-state index in [2.05, 4.69) is 17.1 Å². The second-order valence-electron chi connectivity index (χ2n) is 5.73. The lowest BCUT2D eigenvalue weighted by molar-refractivity contribution is 0.200. The third-order valence-electron chi connectivity index (χ3n) is 4.09. The first kappa shape index (κ1) is 15.5. The van der Waals surface area contributed by atoms with Gasteiger partial charge in [0.05, 0.1) is 6.61 Å². The highest BCUT2D eigenvalue weighted by Gasteiger charge is 2.15. The molecule has 0 N–H and O–H groups in total. The number of benzene rings is 2. The summed E-state index contributed by atoms with van der Waals surface area (Å²) >= 11 is 0. The number of hydrogen-bond donors (Lipinski definition) is 0. The van der Waals surface area contributed by atoms with Gasteiger partial charge in [0, 0.05) is 30.7 Å². The highest BCUT2D eigenvalue weighted by molar-refractivity contribution is 5.88. The van der Waals surface area contributed by atoms with Gasteiger partial charge >= 0.3 is 0 Å². The molecule has 0 fully saturated rings. The third-order valence-corrected chi connectivity index (χ3v) is 4.09. The molecule has 0 aliphatic heterocycles. The molecule has 5 nitrogen and oxygen atoms in total. The topological polar surface area (TPSA) is 52.8 Å². The Labute approximate surface area is 145 Å². The van der Waals surface area contributed by atoms with Crippen molar-refractivity contribution in [2.75, 3.05) is 13.7 Å². The van der Waals surface area contributed by atoms with Crippen LogP contribution in [0.4, 0.5) is 0 Å². The van der Waals surface area contributed by atoms with Crippen molar-refractivity contribution >= 4 is 10.8 Å². The van der Waals surface area contributed by atoms with Crippen molar-refractivity contribution in [1.82, 2.24) is 19.7 Å². The highest BCUT2D eigenvalue weighted by atomic mass is 16.5. The average Bonchev–Trinajstić information content (AvgIpc) is 3.10. The summed E-state index contributed by atoms with van der Waals surface area (Å²) in [5, 5.41) is 6.92. The lowest BCUT2D eigenvalue weighted by atomic mass is 10.1. The van der Waals surface area contributed by atoms with Crippen molar-refractivity contribution in [3.05, 3.63) is 72.7 Å². The van der Waals surface area contributed by atoms with E-state index in [0.29, 0.717) is 18.9 Å². The molecule has 25 heavy (non-hydrogen) atoms. The van der Waals surface area contributed by atoms with Gasteiger partial charge in [-0.15, -0.1) is 5.10 Å². The summed E-state index contributed by atoms with van der Waals surface area (Å²) in [6.45, 7) is 0.581. The summed E-state index contributed by atoms with van der Waals surface area (Å²) < 4.78 is 7.07. The molecule has 2 aromatic heterocycles. The van der Waals surface area contributed by atoms with E-state index in [4.69, 9.17) is 14.8 Å². The van der Waals surface area contributed by atoms with Gasteiger partial charge in [0.25, 0.3) is 0 Å². The van der Waals surface area contributed by atoms with Crippen molar-refractivity contribution < 1.29 is 4.74 Å². The third kappa shape index (κ3) is 3.02. The molecule has 2 aromatic carbocycles. The summed E-state index contributed by atoms with van der Waals surface area (Å²) in [5.41, 5.74) is 0.986. The summed E-state index contributed by atoms with van der Waals surface area (Å²) in [6.07, 6.45) is 2.48. The molecular weight excluding hydrogens is 312 g/mol. The number of methoxy groups -OCH3 is 1. The molecule has 5 heteroatoms. The maximum atomic E-state index is 5.24. The van der Waals surface area contributed by atoms with E-state index >= 15 is 0 Å². The van der Waals surface area contributed by atoms with Crippen LogP contribution in [0.2, 0.25) is 0 Å². The molecule has 124 valence electrons. The minimum Gasteiger partial charge on any atom is -0.384 e. The number of aromatic nitrogens is 4. The van der Waals surface area contributed by atoms with Crippen molar-refractivity contribution in [2.24, 2.45) is 0 Å². The van der Waals surface area contributed by atoms with Crippen LogP contribution in [-0.2, 0) is 11.2 Å². The Hall–Kier alpha value is -3.05. The van der Waals surface area contributed by atoms with Crippen LogP contribution >= 0.6 is 0 Å². The standard InChI is InChI=1S/C20H18N4O/c1-25-14-12-18-22-19(16-8-3-2-4-9-16)23-24(18)20-17-10-6-5-7-15(17)11-13-21-20/h2-11,13H,12,14H2,1H3. The number of fused-ring (bicyclic) bond motifs is 1. The predicted octanol–water partition coefficient (Wildman–Crippen LogP) is 3.67. The van der Waals surface area contributed by atoms with Crippen LogP contribution in [0.15, 0.2) is 66.9 Å². The van der Waals surface area contributed by atoms with Gasteiger partial charge in [-0.25, -0.2) is 9.97 Å². The van der Waals surface area contributed by atoms with Gasteiger partial charge in [0.1, 0.15) is 5.82 Å². The van der Waals surface area contributed by atoms with Crippen molar-refractivity contribution in [3.8, 4) is 17.2 Å². The van der Waals surface area contributed by atoms with Gasteiger partial charge in [-0.1, -0.05) is 54.6 Å². The van der Waals surface area contributed by atoms with Gasteiger partial charge in [0.2, 0.25) is 0 Å². The second-order valence-corrected chi connectivity index (χ2v) is 5.73. The molecule has 0 aliphatic rings. The van der Waals surface area contributed by atoms with Gasteiger partial charge in [-0.2, -0.15) is 4.68 Å². The fraction of sp³-hybridized carbons (Fsp3) is 0.150. The first-order chi connectivity index (χ1) is 12.4. The van der Waals surface area contributed by atoms with Gasteiger partial charge < -0.3 is 4.74 Å². The van der Waals surface area contributed by atoms with Crippen molar-refractivity contribution in [2.45, 2.75) is 6.42 Å². The fourth-order valence-corrected chi connectivity index (χ4v) is 2.85. The molecule has 0 bridgehead atoms. The molecule has 0 unspecified atom stereocenters. The normalized spacial score (nSPS) is 11.1. The minimum atomic E-state index is 0.581. The van der Waals surface area contributed by atoms with E-state index < -0.39 is 0 Å². The Bertz CT molecular complexity index is 990. The summed E-state index contributed by atoms with van der Waals surface area (Å²) in [7, 11) is 1.69. The average molecular weight is 330 g/mol. The fourth-order valence-electron chi connectivity index (χ4n) is 2.85. The Morgan fingerprint density at radius 3 is 2.60 bits per heavy atom. The molecule has 0 atom stereocenters. The summed E-state index contributed by atoms with van der Waals surface area (Å²) in [6, 6.07) is 20.1. The largest absolute Gasteiger partial charge is 0.384 e. The van der Waals surface area contributed by atoms with Crippen LogP contribution in [0, 0.1) is 0 Å². The van der Waals surface area contributed by atoms with E-state index in [-0.39, 0.29) is 0 Å². The smallest absolute Gasteiger partial charge is 0.181 e. The maximum Gasteiger partial charge on any atom is 0.181 e. The zero-order valence-electron chi connectivity index (χ0n) is 14.0. The quantitative estimate of drug-likeness (QED) is 0.560. The van der Waals surface area contributed by atoms with Gasteiger partial charge in [-0.3, -0.25) is 0 Å². The summed E-state index contributed by atoms with van der Waals surface area (Å²) in [4.78, 5) is 9.31. The van der Waals surface area contributed by atoms with Crippen molar-refractivity contribution in [1.29, 1.82) is 0 Å². The molecule has 0 aliphatic carbocycles. The van der Waals surface area contributed by atoms with E-state index in [9.17, 15) is 0 Å². The molecular formula is C20H18N4O. The second kappa shape index (κ2) is 6.83. The van der Waals surface area contributed by atoms with E-state index in [1.54, 1.807) is 7.11 Å². The van der Waals surface area contributed by atoms with E-state index in [1.807, 2.05) is 59.4 Å². The zero-order valence-corrected chi connectivity index (χ0v) is 14.0. The lowest BCUT2D eigenvalue weighted by Gasteiger charge is -2.07. The Morgan fingerprint density at radius 1 is 0.960 bits per heavy atom. The van der Waals surface area contributed by atoms with Crippen LogP contribution in [-0.4, -0.2) is 33.5 Å². The van der Waals surface area contributed by atoms with E-state index in [1.165, 1.54) is 0 Å². The number of rotatable bonds is 5. The molecule has 0 saturated heterocycles. The lowest BCUT2D eigenvalue weighted by Crippen LogP contribution is -2.08. The SMILES string of the molecule is COCCc1nc(-c2ccccc2)nn1-c1nccc2ccccc12. The summed E-state index contributed by atoms with van der Waals surface area (Å²) in [5.74, 6) is 2.32. The molecule has 2 heterocycles. The van der Waals surface area contributed by atoms with Gasteiger partial charge in [-0.05, 0) is 11.5 Å². The molecule has 0 saturated carbocycles. The Morgan fingerprint density at radius 2 is 1.76 bits per heavy atom. The van der Waals surface area contributed by atoms with Crippen LogP contribution in [0.3, 0.4) is 0 Å². The number of ether oxygens (including phenoxy) is 1. The van der Waals surface area contributed by atoms with E-state index in [0.717, 1.165) is 28.0 Å². The zero-order chi connectivity index (χ0) is 17.1. The minimum absolute atomic E-state index is 0.581. The number of hydrogen-bond acceptors (Lipinski definition) is 4. The Balaban J connectivity index is 1.88. The van der Waals surface area contributed by atoms with Crippen LogP contribution in [0.5, 0.6) is 0 Å². The molecule has 0 radical (unpaired) electrons. The van der Waals surface area contributed by atoms with Crippen molar-refractivity contribution in [3.63, 3.8) is 0 Å². The molecule has 4 aromatic rings. The molecule has 4 rings (SSSR count). The van der Waals surface area contributed by atoms with Crippen LogP contribution in [0.25, 0.3) is 28.0 Å².